The summed E-state index contributed by atoms with van der Waals surface area (Å²) in [5.41, 5.74) is 1.07. The molecule has 0 saturated carbocycles. The van der Waals surface area contributed by atoms with E-state index in [-0.39, 0.29) is 22.7 Å². The third kappa shape index (κ3) is 4.44. The summed E-state index contributed by atoms with van der Waals surface area (Å²) in [6, 6.07) is 13.6. The summed E-state index contributed by atoms with van der Waals surface area (Å²) in [7, 11) is 1.62. The van der Waals surface area contributed by atoms with Crippen molar-refractivity contribution >= 4 is 17.6 Å². The predicted molar refractivity (Wildman–Crippen MR) is 95.6 cm³/mol. The number of nitrogens with zero attached hydrogens (tertiary/aromatic N) is 2. The summed E-state index contributed by atoms with van der Waals surface area (Å²) in [4.78, 5) is 36.6. The first-order valence-electron chi connectivity index (χ1n) is 8.05. The van der Waals surface area contributed by atoms with Gasteiger partial charge in [-0.2, -0.15) is 0 Å². The van der Waals surface area contributed by atoms with Crippen LogP contribution >= 0.6 is 0 Å². The van der Waals surface area contributed by atoms with Crippen molar-refractivity contribution in [2.24, 2.45) is 0 Å². The minimum atomic E-state index is -1.00. The molecule has 0 aliphatic carbocycles. The summed E-state index contributed by atoms with van der Waals surface area (Å²) in [6.07, 6.45) is -1.00. The van der Waals surface area contributed by atoms with E-state index in [0.29, 0.717) is 6.54 Å². The van der Waals surface area contributed by atoms with Gasteiger partial charge in [0, 0.05) is 25.2 Å². The van der Waals surface area contributed by atoms with Crippen LogP contribution in [0.2, 0.25) is 0 Å². The number of carbonyl (C=O) groups excluding carboxylic acids is 2. The number of esters is 1. The van der Waals surface area contributed by atoms with Crippen LogP contribution in [-0.4, -0.2) is 34.9 Å². The van der Waals surface area contributed by atoms with Crippen LogP contribution in [0.25, 0.3) is 0 Å². The number of benzene rings is 2. The van der Waals surface area contributed by atoms with Gasteiger partial charge < -0.3 is 9.64 Å². The average molecular weight is 356 g/mol. The van der Waals surface area contributed by atoms with E-state index in [1.54, 1.807) is 7.05 Å². The highest BCUT2D eigenvalue weighted by Gasteiger charge is 2.25. The molecule has 2 rings (SSSR count). The van der Waals surface area contributed by atoms with E-state index in [2.05, 4.69) is 0 Å². The van der Waals surface area contributed by atoms with E-state index in [4.69, 9.17) is 4.74 Å². The molecule has 0 aromatic heterocycles. The minimum absolute atomic E-state index is 0.0737. The SMILES string of the molecule is Cc1c(C(=O)O[C@@H](C)C(=O)N(C)Cc2ccccc2)cccc1[N+](=O)[O-]. The van der Waals surface area contributed by atoms with Crippen LogP contribution in [-0.2, 0) is 16.1 Å². The third-order valence-electron chi connectivity index (χ3n) is 3.99. The van der Waals surface area contributed by atoms with Crippen molar-refractivity contribution in [3.63, 3.8) is 0 Å². The van der Waals surface area contributed by atoms with Gasteiger partial charge in [0.25, 0.3) is 11.6 Å². The summed E-state index contributed by atoms with van der Waals surface area (Å²) in [5, 5.41) is 11.0. The summed E-state index contributed by atoms with van der Waals surface area (Å²) >= 11 is 0. The number of nitro benzene ring substituents is 1. The maximum Gasteiger partial charge on any atom is 0.339 e. The number of amides is 1. The highest BCUT2D eigenvalue weighted by molar-refractivity contribution is 5.94. The van der Waals surface area contributed by atoms with E-state index in [1.165, 1.54) is 36.9 Å². The van der Waals surface area contributed by atoms with E-state index < -0.39 is 17.0 Å². The number of carbonyl (C=O) groups is 2. The number of hydrogen-bond acceptors (Lipinski definition) is 5. The molecular formula is C19H20N2O5. The van der Waals surface area contributed by atoms with Crippen LogP contribution in [0, 0.1) is 17.0 Å². The molecule has 0 N–H and O–H groups in total. The van der Waals surface area contributed by atoms with Gasteiger partial charge in [-0.25, -0.2) is 4.79 Å². The van der Waals surface area contributed by atoms with Crippen LogP contribution in [0.4, 0.5) is 5.69 Å². The van der Waals surface area contributed by atoms with Gasteiger partial charge >= 0.3 is 5.97 Å². The lowest BCUT2D eigenvalue weighted by Gasteiger charge is -2.21. The number of nitro groups is 1. The largest absolute Gasteiger partial charge is 0.449 e. The van der Waals surface area contributed by atoms with Crippen molar-refractivity contribution in [1.29, 1.82) is 0 Å². The lowest BCUT2D eigenvalue weighted by atomic mass is 10.1. The number of likely N-dealkylation sites (N-methyl/N-ethyl adjacent to an activating group) is 1. The van der Waals surface area contributed by atoms with E-state index in [9.17, 15) is 19.7 Å². The molecule has 0 saturated heterocycles. The van der Waals surface area contributed by atoms with E-state index in [1.807, 2.05) is 30.3 Å². The lowest BCUT2D eigenvalue weighted by Crippen LogP contribution is -2.37. The fourth-order valence-electron chi connectivity index (χ4n) is 2.56. The van der Waals surface area contributed by atoms with Crippen LogP contribution in [0.5, 0.6) is 0 Å². The quantitative estimate of drug-likeness (QED) is 0.451. The molecule has 0 radical (unpaired) electrons. The molecule has 7 heteroatoms. The number of hydrogen-bond donors (Lipinski definition) is 0. The zero-order chi connectivity index (χ0) is 19.3. The third-order valence-corrected chi connectivity index (χ3v) is 3.99. The second kappa shape index (κ2) is 8.24. The Morgan fingerprint density at radius 2 is 1.81 bits per heavy atom. The van der Waals surface area contributed by atoms with E-state index in [0.717, 1.165) is 5.56 Å². The normalized spacial score (nSPS) is 11.5. The smallest absolute Gasteiger partial charge is 0.339 e. The highest BCUT2D eigenvalue weighted by atomic mass is 16.6. The number of rotatable bonds is 6. The van der Waals surface area contributed by atoms with Gasteiger partial charge in [-0.05, 0) is 25.5 Å². The van der Waals surface area contributed by atoms with Crippen molar-refractivity contribution in [1.82, 2.24) is 4.90 Å². The molecule has 7 nitrogen and oxygen atoms in total. The Morgan fingerprint density at radius 1 is 1.15 bits per heavy atom. The first-order valence-corrected chi connectivity index (χ1v) is 8.05. The first kappa shape index (κ1) is 19.1. The van der Waals surface area contributed by atoms with Gasteiger partial charge in [0.05, 0.1) is 10.5 Å². The second-order valence-corrected chi connectivity index (χ2v) is 5.93. The fourth-order valence-corrected chi connectivity index (χ4v) is 2.56. The number of ether oxygens (including phenoxy) is 1. The maximum absolute atomic E-state index is 12.4. The Hall–Kier alpha value is -3.22. The van der Waals surface area contributed by atoms with Crippen molar-refractivity contribution in [3.8, 4) is 0 Å². The zero-order valence-electron chi connectivity index (χ0n) is 14.8. The summed E-state index contributed by atoms with van der Waals surface area (Å²) < 4.78 is 5.22. The lowest BCUT2D eigenvalue weighted by molar-refractivity contribution is -0.385. The molecule has 0 unspecified atom stereocenters. The van der Waals surface area contributed by atoms with Crippen LogP contribution in [0.1, 0.15) is 28.4 Å². The average Bonchev–Trinajstić information content (AvgIpc) is 2.61. The molecule has 1 atom stereocenters. The van der Waals surface area contributed by atoms with Gasteiger partial charge in [0.2, 0.25) is 0 Å². The van der Waals surface area contributed by atoms with Crippen molar-refractivity contribution < 1.29 is 19.2 Å². The van der Waals surface area contributed by atoms with Crippen LogP contribution < -0.4 is 0 Å². The molecule has 1 amide bonds. The van der Waals surface area contributed by atoms with Crippen molar-refractivity contribution in [2.45, 2.75) is 26.5 Å². The Bertz CT molecular complexity index is 820. The van der Waals surface area contributed by atoms with E-state index >= 15 is 0 Å². The molecule has 0 heterocycles. The maximum atomic E-state index is 12.4. The van der Waals surface area contributed by atoms with Crippen LogP contribution in [0.3, 0.4) is 0 Å². The summed E-state index contributed by atoms with van der Waals surface area (Å²) in [5.74, 6) is -1.12. The molecule has 0 aliphatic heterocycles. The summed E-state index contributed by atoms with van der Waals surface area (Å²) in [6.45, 7) is 3.34. The molecule has 136 valence electrons. The highest BCUT2D eigenvalue weighted by Crippen LogP contribution is 2.22. The van der Waals surface area contributed by atoms with Crippen molar-refractivity contribution in [3.05, 3.63) is 75.3 Å². The molecule has 0 spiro atoms. The predicted octanol–water partition coefficient (Wildman–Crippen LogP) is 3.11. The van der Waals surface area contributed by atoms with Gasteiger partial charge in [-0.1, -0.05) is 36.4 Å². The van der Waals surface area contributed by atoms with Crippen molar-refractivity contribution in [2.75, 3.05) is 7.05 Å². The second-order valence-electron chi connectivity index (χ2n) is 5.93. The molecule has 0 fully saturated rings. The fraction of sp³-hybridized carbons (Fsp3) is 0.263. The van der Waals surface area contributed by atoms with Gasteiger partial charge in [-0.15, -0.1) is 0 Å². The molecular weight excluding hydrogens is 336 g/mol. The minimum Gasteiger partial charge on any atom is -0.449 e. The molecule has 2 aromatic carbocycles. The Balaban J connectivity index is 2.05. The topological polar surface area (TPSA) is 89.8 Å². The van der Waals surface area contributed by atoms with Gasteiger partial charge in [-0.3, -0.25) is 14.9 Å². The Kier molecular flexibility index (Phi) is 6.06. The van der Waals surface area contributed by atoms with Crippen LogP contribution in [0.15, 0.2) is 48.5 Å². The molecule has 2 aromatic rings. The molecule has 0 bridgehead atoms. The molecule has 26 heavy (non-hydrogen) atoms. The Labute approximate surface area is 151 Å². The first-order chi connectivity index (χ1) is 12.3. The standard InChI is InChI=1S/C19H20N2O5/c1-13-16(10-7-11-17(13)21(24)25)19(23)26-14(2)18(22)20(3)12-15-8-5-4-6-9-15/h4-11,14H,12H2,1-3H3/t14-/m0/s1. The van der Waals surface area contributed by atoms with Gasteiger partial charge in [0.15, 0.2) is 6.10 Å². The monoisotopic (exact) mass is 356 g/mol. The molecule has 0 aliphatic rings. The zero-order valence-corrected chi connectivity index (χ0v) is 14.8. The van der Waals surface area contributed by atoms with Gasteiger partial charge in [0.1, 0.15) is 0 Å². The Morgan fingerprint density at radius 3 is 2.42 bits per heavy atom.